The zero-order chi connectivity index (χ0) is 10.3. The summed E-state index contributed by atoms with van der Waals surface area (Å²) in [6.07, 6.45) is 3.81. The van der Waals surface area contributed by atoms with E-state index in [1.54, 1.807) is 0 Å². The van der Waals surface area contributed by atoms with Crippen LogP contribution in [0, 0.1) is 0 Å². The lowest BCUT2D eigenvalue weighted by molar-refractivity contribution is 0.240. The molecular formula is C12H16N2O. The molecule has 1 unspecified atom stereocenters. The molecule has 15 heavy (non-hydrogen) atoms. The van der Waals surface area contributed by atoms with Gasteiger partial charge in [-0.25, -0.2) is 0 Å². The molecule has 1 atom stereocenters. The molecule has 0 radical (unpaired) electrons. The molecule has 1 fully saturated rings. The number of fused-ring (bicyclic) bond motifs is 3. The predicted octanol–water partition coefficient (Wildman–Crippen LogP) is 2.02. The Morgan fingerprint density at radius 3 is 3.20 bits per heavy atom. The van der Waals surface area contributed by atoms with E-state index in [9.17, 15) is 0 Å². The largest absolute Gasteiger partial charge is 0.489 e. The molecule has 0 bridgehead atoms. The Morgan fingerprint density at radius 2 is 2.27 bits per heavy atom. The van der Waals surface area contributed by atoms with Gasteiger partial charge in [-0.3, -0.25) is 0 Å². The standard InChI is InChI=1S/C12H16N2O/c13-10-5-3-6-11-12(10)14-7-2-1-4-9(14)8-15-11/h3,5-6,9H,1-2,4,7-8,13H2. The maximum Gasteiger partial charge on any atom is 0.144 e. The Labute approximate surface area is 89.8 Å². The number of nitrogens with zero attached hydrogens (tertiary/aromatic N) is 1. The summed E-state index contributed by atoms with van der Waals surface area (Å²) in [4.78, 5) is 2.43. The summed E-state index contributed by atoms with van der Waals surface area (Å²) in [6, 6.07) is 6.46. The van der Waals surface area contributed by atoms with Crippen molar-refractivity contribution in [2.24, 2.45) is 0 Å². The highest BCUT2D eigenvalue weighted by Gasteiger charge is 2.30. The van der Waals surface area contributed by atoms with Crippen molar-refractivity contribution in [1.29, 1.82) is 0 Å². The van der Waals surface area contributed by atoms with Gasteiger partial charge in [0.05, 0.1) is 11.7 Å². The number of nitrogens with two attached hydrogens (primary N) is 1. The predicted molar refractivity (Wildman–Crippen MR) is 61.3 cm³/mol. The first-order valence-electron chi connectivity index (χ1n) is 5.64. The quantitative estimate of drug-likeness (QED) is 0.657. The second-order valence-corrected chi connectivity index (χ2v) is 4.35. The van der Waals surface area contributed by atoms with Crippen molar-refractivity contribution < 1.29 is 4.74 Å². The van der Waals surface area contributed by atoms with E-state index in [2.05, 4.69) is 4.90 Å². The Morgan fingerprint density at radius 1 is 1.33 bits per heavy atom. The van der Waals surface area contributed by atoms with Crippen molar-refractivity contribution in [2.75, 3.05) is 23.8 Å². The maximum atomic E-state index is 6.03. The van der Waals surface area contributed by atoms with E-state index >= 15 is 0 Å². The van der Waals surface area contributed by atoms with Crippen LogP contribution in [0.3, 0.4) is 0 Å². The minimum Gasteiger partial charge on any atom is -0.489 e. The molecule has 1 aromatic rings. The van der Waals surface area contributed by atoms with Gasteiger partial charge >= 0.3 is 0 Å². The van der Waals surface area contributed by atoms with Crippen LogP contribution in [-0.4, -0.2) is 19.2 Å². The number of nitrogen functional groups attached to an aromatic ring is 1. The average molecular weight is 204 g/mol. The van der Waals surface area contributed by atoms with Gasteiger partial charge in [0.15, 0.2) is 0 Å². The van der Waals surface area contributed by atoms with Crippen LogP contribution in [0.5, 0.6) is 5.75 Å². The van der Waals surface area contributed by atoms with Crippen molar-refractivity contribution in [2.45, 2.75) is 25.3 Å². The summed E-state index contributed by atoms with van der Waals surface area (Å²) in [5.74, 6) is 0.952. The summed E-state index contributed by atoms with van der Waals surface area (Å²) in [5, 5.41) is 0. The fourth-order valence-corrected chi connectivity index (χ4v) is 2.62. The van der Waals surface area contributed by atoms with Crippen molar-refractivity contribution in [1.82, 2.24) is 0 Å². The molecule has 0 spiro atoms. The first-order valence-corrected chi connectivity index (χ1v) is 5.64. The zero-order valence-corrected chi connectivity index (χ0v) is 8.78. The van der Waals surface area contributed by atoms with E-state index in [4.69, 9.17) is 10.5 Å². The highest BCUT2D eigenvalue weighted by molar-refractivity contribution is 5.76. The molecule has 3 nitrogen and oxygen atoms in total. The fraction of sp³-hybridized carbons (Fsp3) is 0.500. The SMILES string of the molecule is Nc1cccc2c1N1CCCCC1CO2. The summed E-state index contributed by atoms with van der Waals surface area (Å²) >= 11 is 0. The minimum absolute atomic E-state index is 0.538. The molecule has 80 valence electrons. The number of para-hydroxylation sites is 1. The zero-order valence-electron chi connectivity index (χ0n) is 8.78. The van der Waals surface area contributed by atoms with Gasteiger partial charge in [0.2, 0.25) is 0 Å². The van der Waals surface area contributed by atoms with Crippen LogP contribution >= 0.6 is 0 Å². The first kappa shape index (κ1) is 8.89. The van der Waals surface area contributed by atoms with E-state index in [1.165, 1.54) is 19.3 Å². The van der Waals surface area contributed by atoms with Crippen LogP contribution in [0.25, 0.3) is 0 Å². The normalized spacial score (nSPS) is 24.0. The third-order valence-corrected chi connectivity index (χ3v) is 3.38. The maximum absolute atomic E-state index is 6.03. The molecule has 2 heterocycles. The Balaban J connectivity index is 2.05. The molecule has 0 amide bonds. The molecule has 2 N–H and O–H groups in total. The molecule has 0 aromatic heterocycles. The molecule has 3 heteroatoms. The van der Waals surface area contributed by atoms with Gasteiger partial charge in [-0.15, -0.1) is 0 Å². The summed E-state index contributed by atoms with van der Waals surface area (Å²) in [7, 11) is 0. The van der Waals surface area contributed by atoms with Crippen molar-refractivity contribution in [3.05, 3.63) is 18.2 Å². The number of hydrogen-bond donors (Lipinski definition) is 1. The van der Waals surface area contributed by atoms with Crippen LogP contribution in [-0.2, 0) is 0 Å². The Hall–Kier alpha value is -1.38. The van der Waals surface area contributed by atoms with Gasteiger partial charge in [0.25, 0.3) is 0 Å². The van der Waals surface area contributed by atoms with Crippen LogP contribution in [0.15, 0.2) is 18.2 Å². The summed E-state index contributed by atoms with van der Waals surface area (Å²) in [5.41, 5.74) is 7.99. The Kier molecular flexibility index (Phi) is 1.97. The second-order valence-electron chi connectivity index (χ2n) is 4.35. The molecule has 1 aromatic carbocycles. The third kappa shape index (κ3) is 1.34. The molecule has 0 saturated carbocycles. The number of ether oxygens (including phenoxy) is 1. The number of rotatable bonds is 0. The van der Waals surface area contributed by atoms with E-state index in [-0.39, 0.29) is 0 Å². The number of anilines is 2. The lowest BCUT2D eigenvalue weighted by Crippen LogP contribution is -2.46. The van der Waals surface area contributed by atoms with Crippen LogP contribution in [0.1, 0.15) is 19.3 Å². The van der Waals surface area contributed by atoms with E-state index < -0.39 is 0 Å². The third-order valence-electron chi connectivity index (χ3n) is 3.38. The van der Waals surface area contributed by atoms with E-state index in [1.807, 2.05) is 18.2 Å². The smallest absolute Gasteiger partial charge is 0.144 e. The summed E-state index contributed by atoms with van der Waals surface area (Å²) in [6.45, 7) is 1.94. The first-order chi connectivity index (χ1) is 7.36. The van der Waals surface area contributed by atoms with Crippen LogP contribution in [0.4, 0.5) is 11.4 Å². The molecule has 3 rings (SSSR count). The topological polar surface area (TPSA) is 38.5 Å². The van der Waals surface area contributed by atoms with Crippen LogP contribution < -0.4 is 15.4 Å². The molecule has 1 saturated heterocycles. The van der Waals surface area contributed by atoms with Gasteiger partial charge in [0, 0.05) is 6.54 Å². The minimum atomic E-state index is 0.538. The van der Waals surface area contributed by atoms with Crippen LogP contribution in [0.2, 0.25) is 0 Å². The highest BCUT2D eigenvalue weighted by Crippen LogP contribution is 2.40. The molecule has 2 aliphatic heterocycles. The van der Waals surface area contributed by atoms with Crippen molar-refractivity contribution in [3.63, 3.8) is 0 Å². The Bertz CT molecular complexity index is 378. The summed E-state index contributed by atoms with van der Waals surface area (Å²) < 4.78 is 5.75. The number of benzene rings is 1. The van der Waals surface area contributed by atoms with Gasteiger partial charge in [-0.05, 0) is 31.4 Å². The lowest BCUT2D eigenvalue weighted by atomic mass is 9.99. The van der Waals surface area contributed by atoms with E-state index in [0.717, 1.165) is 30.3 Å². The lowest BCUT2D eigenvalue weighted by Gasteiger charge is -2.42. The monoisotopic (exact) mass is 204 g/mol. The fourth-order valence-electron chi connectivity index (χ4n) is 2.62. The van der Waals surface area contributed by atoms with Gasteiger partial charge < -0.3 is 15.4 Å². The average Bonchev–Trinajstić information content (AvgIpc) is 2.29. The van der Waals surface area contributed by atoms with Gasteiger partial charge in [-0.1, -0.05) is 6.07 Å². The van der Waals surface area contributed by atoms with Gasteiger partial charge in [0.1, 0.15) is 18.0 Å². The molecule has 0 aliphatic carbocycles. The highest BCUT2D eigenvalue weighted by atomic mass is 16.5. The second kappa shape index (κ2) is 3.33. The molecule has 2 aliphatic rings. The van der Waals surface area contributed by atoms with Crippen molar-refractivity contribution in [3.8, 4) is 5.75 Å². The van der Waals surface area contributed by atoms with E-state index in [0.29, 0.717) is 6.04 Å². The van der Waals surface area contributed by atoms with Crippen molar-refractivity contribution >= 4 is 11.4 Å². The van der Waals surface area contributed by atoms with Gasteiger partial charge in [-0.2, -0.15) is 0 Å². The number of hydrogen-bond acceptors (Lipinski definition) is 3. The molecular weight excluding hydrogens is 188 g/mol. The number of piperidine rings is 1.